The molecule has 2 unspecified atom stereocenters. The largest absolute Gasteiger partial charge is 0.336 e. The van der Waals surface area contributed by atoms with E-state index in [4.69, 9.17) is 11.6 Å². The minimum atomic E-state index is -4.06. The fourth-order valence-corrected chi connectivity index (χ4v) is 7.68. The summed E-state index contributed by atoms with van der Waals surface area (Å²) in [4.78, 5) is 14.5. The Labute approximate surface area is 191 Å². The van der Waals surface area contributed by atoms with Crippen LogP contribution in [0.5, 0.6) is 0 Å². The number of amides is 1. The Morgan fingerprint density at radius 3 is 2.22 bits per heavy atom. The van der Waals surface area contributed by atoms with Gasteiger partial charge in [0.1, 0.15) is 5.82 Å². The lowest BCUT2D eigenvalue weighted by molar-refractivity contribution is -0.134. The highest BCUT2D eigenvalue weighted by atomic mass is 35.5. The minimum absolute atomic E-state index is 0.243. The number of hydrogen-bond acceptors (Lipinski definition) is 5. The normalized spacial score (nSPS) is 23.3. The van der Waals surface area contributed by atoms with Crippen molar-refractivity contribution in [2.45, 2.75) is 52.8 Å². The molecule has 11 heteroatoms. The number of halogens is 2. The maximum absolute atomic E-state index is 13.3. The van der Waals surface area contributed by atoms with E-state index in [2.05, 4.69) is 4.72 Å². The molecular formula is C21H22ClFN2O5S2. The van der Waals surface area contributed by atoms with Crippen LogP contribution in [0.4, 0.5) is 4.39 Å². The molecule has 172 valence electrons. The predicted molar refractivity (Wildman–Crippen MR) is 117 cm³/mol. The Kier molecular flexibility index (Phi) is 6.32. The number of sulfone groups is 1. The number of benzene rings is 2. The van der Waals surface area contributed by atoms with Crippen LogP contribution in [-0.2, 0) is 24.7 Å². The molecule has 0 spiro atoms. The third-order valence-electron chi connectivity index (χ3n) is 6.10. The fourth-order valence-electron chi connectivity index (χ4n) is 4.57. The monoisotopic (exact) mass is 500 g/mol. The van der Waals surface area contributed by atoms with E-state index in [-0.39, 0.29) is 26.9 Å². The van der Waals surface area contributed by atoms with Gasteiger partial charge in [-0.1, -0.05) is 29.8 Å². The number of fused-ring (bicyclic) bond motifs is 2. The summed E-state index contributed by atoms with van der Waals surface area (Å²) < 4.78 is 66.5. The van der Waals surface area contributed by atoms with Crippen molar-refractivity contribution >= 4 is 37.4 Å². The number of carbonyl (C=O) groups excluding carboxylic acids is 1. The second-order valence-corrected chi connectivity index (χ2v) is 12.4. The lowest BCUT2D eigenvalue weighted by Crippen LogP contribution is -2.52. The molecule has 2 bridgehead atoms. The first-order valence-electron chi connectivity index (χ1n) is 10.1. The summed E-state index contributed by atoms with van der Waals surface area (Å²) in [6.45, 7) is -0.472. The number of rotatable bonds is 6. The van der Waals surface area contributed by atoms with Gasteiger partial charge in [0, 0.05) is 12.1 Å². The highest BCUT2D eigenvalue weighted by Gasteiger charge is 2.47. The maximum Gasteiger partial charge on any atom is 0.241 e. The van der Waals surface area contributed by atoms with E-state index in [0.29, 0.717) is 25.7 Å². The highest BCUT2D eigenvalue weighted by Crippen LogP contribution is 2.39. The average Bonchev–Trinajstić information content (AvgIpc) is 3.03. The van der Waals surface area contributed by atoms with Gasteiger partial charge in [0.2, 0.25) is 15.9 Å². The van der Waals surface area contributed by atoms with Crippen molar-refractivity contribution in [1.29, 1.82) is 0 Å². The third kappa shape index (κ3) is 4.41. The van der Waals surface area contributed by atoms with Crippen LogP contribution in [-0.4, -0.2) is 51.5 Å². The maximum atomic E-state index is 13.3. The van der Waals surface area contributed by atoms with Gasteiger partial charge < -0.3 is 4.90 Å². The number of carbonyl (C=O) groups is 1. The van der Waals surface area contributed by atoms with Crippen LogP contribution in [0.15, 0.2) is 58.3 Å². The lowest BCUT2D eigenvalue weighted by Gasteiger charge is -2.38. The molecule has 0 aliphatic carbocycles. The quantitative estimate of drug-likeness (QED) is 0.657. The standard InChI is InChI=1S/C21H22ClFN2O5S2/c22-19-12-17(8-9-20(19)23)32(29,30)24-13-21(26)25-14-6-7-15(25)11-18(10-14)31(27,28)16-4-2-1-3-5-16/h1-5,8-9,12,14-15,18,24H,6-7,10-11,13H2. The zero-order chi connectivity index (χ0) is 23.1. The first-order valence-corrected chi connectivity index (χ1v) is 13.5. The fraction of sp³-hybridized carbons (Fsp3) is 0.381. The Balaban J connectivity index is 1.43. The van der Waals surface area contributed by atoms with E-state index in [9.17, 15) is 26.0 Å². The summed E-state index contributed by atoms with van der Waals surface area (Å²) in [6, 6.07) is 10.7. The van der Waals surface area contributed by atoms with Gasteiger partial charge in [0.25, 0.3) is 0 Å². The van der Waals surface area contributed by atoms with Gasteiger partial charge in [0.05, 0.1) is 26.6 Å². The molecule has 2 atom stereocenters. The van der Waals surface area contributed by atoms with Crippen molar-refractivity contribution in [3.05, 3.63) is 59.4 Å². The molecule has 2 aromatic rings. The van der Waals surface area contributed by atoms with Gasteiger partial charge in [-0.2, -0.15) is 0 Å². The Morgan fingerprint density at radius 1 is 1.00 bits per heavy atom. The van der Waals surface area contributed by atoms with E-state index >= 15 is 0 Å². The molecular weight excluding hydrogens is 479 g/mol. The van der Waals surface area contributed by atoms with E-state index in [1.807, 2.05) is 0 Å². The van der Waals surface area contributed by atoms with Crippen LogP contribution in [0.25, 0.3) is 0 Å². The van der Waals surface area contributed by atoms with Gasteiger partial charge in [-0.15, -0.1) is 0 Å². The second-order valence-electron chi connectivity index (χ2n) is 8.04. The molecule has 2 fully saturated rings. The SMILES string of the molecule is O=C(CNS(=O)(=O)c1ccc(F)c(Cl)c1)N1C2CCC1CC(S(=O)(=O)c1ccccc1)C2. The molecule has 2 aromatic carbocycles. The molecule has 1 amide bonds. The van der Waals surface area contributed by atoms with Gasteiger partial charge in [-0.05, 0) is 56.0 Å². The van der Waals surface area contributed by atoms with Gasteiger partial charge in [0.15, 0.2) is 9.84 Å². The molecule has 2 aliphatic heterocycles. The topological polar surface area (TPSA) is 101 Å². The highest BCUT2D eigenvalue weighted by molar-refractivity contribution is 7.92. The Bertz CT molecular complexity index is 1220. The van der Waals surface area contributed by atoms with Crippen molar-refractivity contribution in [3.63, 3.8) is 0 Å². The number of nitrogens with one attached hydrogen (secondary N) is 1. The molecule has 0 radical (unpaired) electrons. The smallest absolute Gasteiger partial charge is 0.241 e. The van der Waals surface area contributed by atoms with E-state index < -0.39 is 43.4 Å². The first-order chi connectivity index (χ1) is 15.1. The predicted octanol–water partition coefficient (Wildman–Crippen LogP) is 2.75. The third-order valence-corrected chi connectivity index (χ3v) is 9.98. The zero-order valence-corrected chi connectivity index (χ0v) is 19.3. The molecule has 0 saturated carbocycles. The van der Waals surface area contributed by atoms with Gasteiger partial charge in [-0.25, -0.2) is 25.9 Å². The Morgan fingerprint density at radius 2 is 1.62 bits per heavy atom. The van der Waals surface area contributed by atoms with Gasteiger partial charge >= 0.3 is 0 Å². The van der Waals surface area contributed by atoms with Crippen LogP contribution in [0.3, 0.4) is 0 Å². The Hall–Kier alpha value is -2.01. The summed E-state index contributed by atoms with van der Waals surface area (Å²) in [5.41, 5.74) is 0. The van der Waals surface area contributed by atoms with E-state index in [1.165, 1.54) is 0 Å². The molecule has 2 saturated heterocycles. The summed E-state index contributed by atoms with van der Waals surface area (Å²) in [5.74, 6) is -1.16. The zero-order valence-electron chi connectivity index (χ0n) is 16.9. The van der Waals surface area contributed by atoms with E-state index in [1.54, 1.807) is 35.2 Å². The summed E-state index contributed by atoms with van der Waals surface area (Å²) in [7, 11) is -7.57. The average molecular weight is 501 g/mol. The van der Waals surface area contributed by atoms with Crippen LogP contribution in [0.1, 0.15) is 25.7 Å². The second kappa shape index (κ2) is 8.74. The van der Waals surface area contributed by atoms with Crippen molar-refractivity contribution in [1.82, 2.24) is 9.62 Å². The van der Waals surface area contributed by atoms with Crippen LogP contribution in [0.2, 0.25) is 5.02 Å². The minimum Gasteiger partial charge on any atom is -0.336 e. The number of piperidine rings is 1. The van der Waals surface area contributed by atoms with Crippen LogP contribution >= 0.6 is 11.6 Å². The van der Waals surface area contributed by atoms with Crippen molar-refractivity contribution in [2.24, 2.45) is 0 Å². The molecule has 1 N–H and O–H groups in total. The summed E-state index contributed by atoms with van der Waals surface area (Å²) in [6.07, 6.45) is 1.99. The molecule has 2 aliphatic rings. The summed E-state index contributed by atoms with van der Waals surface area (Å²) in [5, 5.41) is -0.913. The van der Waals surface area contributed by atoms with Crippen molar-refractivity contribution in [2.75, 3.05) is 6.54 Å². The number of hydrogen-bond donors (Lipinski definition) is 1. The molecule has 7 nitrogen and oxygen atoms in total. The molecule has 2 heterocycles. The first kappa shape index (κ1) is 23.2. The number of nitrogens with zero attached hydrogens (tertiary/aromatic N) is 1. The number of sulfonamides is 1. The molecule has 4 rings (SSSR count). The van der Waals surface area contributed by atoms with Crippen LogP contribution < -0.4 is 4.72 Å². The van der Waals surface area contributed by atoms with Gasteiger partial charge in [-0.3, -0.25) is 4.79 Å². The molecule has 0 aromatic heterocycles. The van der Waals surface area contributed by atoms with E-state index in [0.717, 1.165) is 18.2 Å². The van der Waals surface area contributed by atoms with Crippen molar-refractivity contribution < 1.29 is 26.0 Å². The van der Waals surface area contributed by atoms with Crippen molar-refractivity contribution in [3.8, 4) is 0 Å². The lowest BCUT2D eigenvalue weighted by atomic mass is 10.0. The molecule has 32 heavy (non-hydrogen) atoms. The summed E-state index contributed by atoms with van der Waals surface area (Å²) >= 11 is 5.65. The van der Waals surface area contributed by atoms with Crippen LogP contribution in [0, 0.1) is 5.82 Å².